The van der Waals surface area contributed by atoms with Gasteiger partial charge in [-0.3, -0.25) is 39.3 Å². The molecule has 8 bridgehead atoms. The Hall–Kier alpha value is -12.2. The molecule has 0 unspecified atom stereocenters. The first-order chi connectivity index (χ1) is 61.2. The highest BCUT2D eigenvalue weighted by molar-refractivity contribution is 8.00. The van der Waals surface area contributed by atoms with Crippen molar-refractivity contribution in [3.63, 3.8) is 0 Å². The molecule has 2 aromatic heterocycles. The number of ketones is 1. The number of likely N-dealkylation sites (N-methyl/N-ethyl adjacent to an activating group) is 2. The number of carbonyl (C=O) groups is 7. The molecule has 128 heavy (non-hydrogen) atoms. The molecule has 35 heteroatoms. The largest absolute Gasteiger partial charge is 0.504 e. The van der Waals surface area contributed by atoms with Gasteiger partial charge in [-0.25, -0.2) is 19.2 Å². The van der Waals surface area contributed by atoms with Crippen molar-refractivity contribution in [2.24, 2.45) is 5.73 Å². The summed E-state index contributed by atoms with van der Waals surface area (Å²) < 4.78 is 82.1. The van der Waals surface area contributed by atoms with Crippen LogP contribution in [0.5, 0.6) is 57.5 Å². The van der Waals surface area contributed by atoms with E-state index in [-0.39, 0.29) is 95.1 Å². The van der Waals surface area contributed by atoms with Gasteiger partial charge in [0.25, 0.3) is 0 Å². The molecule has 8 aromatic rings. The molecule has 15 atom stereocenters. The Balaban J connectivity index is 0.000000160. The number of alkyl carbamates (subject to hydrolysis) is 2. The van der Waals surface area contributed by atoms with Crippen molar-refractivity contribution >= 4 is 87.3 Å². The molecular formula is C93H100N10O23S2. The van der Waals surface area contributed by atoms with Crippen LogP contribution < -0.4 is 59.6 Å². The van der Waals surface area contributed by atoms with Gasteiger partial charge in [0.1, 0.15) is 66.9 Å². The predicted molar refractivity (Wildman–Crippen MR) is 467 cm³/mol. The van der Waals surface area contributed by atoms with Gasteiger partial charge in [-0.05, 0) is 107 Å². The van der Waals surface area contributed by atoms with Crippen LogP contribution in [0.2, 0.25) is 0 Å². The number of amides is 2. The summed E-state index contributed by atoms with van der Waals surface area (Å²) in [5.41, 5.74) is 16.0. The number of rotatable bonds is 14. The molecule has 6 aromatic carbocycles. The number of cyclic esters (lactones) is 1. The molecule has 672 valence electrons. The summed E-state index contributed by atoms with van der Waals surface area (Å²) >= 11 is 2.65. The van der Waals surface area contributed by atoms with Crippen molar-refractivity contribution in [3.8, 4) is 69.6 Å². The van der Waals surface area contributed by atoms with E-state index >= 15 is 4.79 Å². The number of hydrogen-bond acceptors (Lipinski definition) is 33. The Morgan fingerprint density at radius 3 is 1.69 bits per heavy atom. The van der Waals surface area contributed by atoms with Crippen LogP contribution in [-0.2, 0) is 74.1 Å². The number of phenolic OH excluding ortho intramolecular Hbond substituents is 2. The fourth-order valence-electron chi connectivity index (χ4n) is 21.0. The molecule has 4 fully saturated rings. The maximum absolute atomic E-state index is 15.3. The second kappa shape index (κ2) is 35.8. The minimum Gasteiger partial charge on any atom is -0.504 e. The lowest BCUT2D eigenvalue weighted by Gasteiger charge is -2.62. The average molecular weight is 1790 g/mol. The summed E-state index contributed by atoms with van der Waals surface area (Å²) in [4.78, 5) is 99.0. The first-order valence-corrected chi connectivity index (χ1v) is 43.8. The second-order valence-corrected chi connectivity index (χ2v) is 35.5. The van der Waals surface area contributed by atoms with Crippen LogP contribution in [0.25, 0.3) is 21.9 Å². The zero-order valence-corrected chi connectivity index (χ0v) is 73.1. The van der Waals surface area contributed by atoms with Crippen molar-refractivity contribution in [1.82, 2.24) is 35.6 Å². The minimum absolute atomic E-state index is 0. The number of aromatic hydroxyl groups is 2. The highest BCUT2D eigenvalue weighted by atomic mass is 32.2. The van der Waals surface area contributed by atoms with Crippen LogP contribution in [0.3, 0.4) is 0 Å². The smallest absolute Gasteiger partial charge is 0.407 e. The molecule has 20 rings (SSSR count). The standard InChI is InChI=1S/C46H47N5O11S.C31H31N3O9S.C15H18N2O3.CH4/c1-7-12-57-45(55)48-17-25-15-27-26-10-8-9-11-31(26)62-43(27)46(49-25)19-63-42-34-33(41-40(59-20-60-41)22(3)39(34)61-23(4)52)30(18-58-44(46)54)51-29(16-47)28-14-24-13-21(2)38(56-6)37(53)32(24)35(36(42)51)50(28)5;1-12-6-15-7-16-17(8-32)34-18-9-40-31(38)19(36)10-44-30(24(34)23(33(16)4)20(15)25(37)26(12)39-5)22-21(18)29-28(41-11-42-29)13(2)27(22)43-14(3)35;1-2-7-19-15(18)17-9-12(16)8-11-10-20-14-6-4-3-5-13(11)14;/h7-11,13,25,28-30,35-36,42,49,53H,1,12,14-15,17-20H2,2-6H3,(H,48,55);6,16-18,23-24,30,37H,7,9-11H2,1-5H3;2-6,10,12H,1,7-9,16H2,(H,17,18);1H4/t25-,28-,29-,30-,35+,36+,42+,46+;16-,17-,18-,23+,24+,30+;12-;/m000./s1. The summed E-state index contributed by atoms with van der Waals surface area (Å²) in [6.07, 6.45) is 5.56. The normalized spacial score (nSPS) is 25.5. The highest BCUT2D eigenvalue weighted by Crippen LogP contribution is 2.68. The van der Waals surface area contributed by atoms with Gasteiger partial charge in [0, 0.05) is 130 Å². The Morgan fingerprint density at radius 2 is 1.16 bits per heavy atom. The Bertz CT molecular complexity index is 5960. The monoisotopic (exact) mass is 1790 g/mol. The number of methoxy groups -OCH3 is 2. The van der Waals surface area contributed by atoms with Gasteiger partial charge < -0.3 is 92.3 Å². The maximum atomic E-state index is 15.3. The van der Waals surface area contributed by atoms with E-state index in [9.17, 15) is 49.5 Å². The number of nitriles is 2. The molecule has 0 saturated carbocycles. The molecule has 7 N–H and O–H groups in total. The number of para-hydroxylation sites is 2. The molecule has 33 nitrogen and oxygen atoms in total. The summed E-state index contributed by atoms with van der Waals surface area (Å²) in [5.74, 6) is -0.0628. The van der Waals surface area contributed by atoms with Crippen LogP contribution in [0.1, 0.15) is 140 Å². The first kappa shape index (κ1) is 89.2. The lowest BCUT2D eigenvalue weighted by Crippen LogP contribution is -2.69. The third-order valence-electron chi connectivity index (χ3n) is 26.0. The number of esters is 4. The number of benzene rings is 6. The number of thioether (sulfide) groups is 2. The number of aryl methyl sites for hydroxylation is 2. The molecule has 0 radical (unpaired) electrons. The van der Waals surface area contributed by atoms with Crippen molar-refractivity contribution in [2.75, 3.05) is 92.9 Å². The number of phenols is 2. The summed E-state index contributed by atoms with van der Waals surface area (Å²) in [6, 6.07) is 18.2. The topological polar surface area (TPSA) is 420 Å². The van der Waals surface area contributed by atoms with Crippen molar-refractivity contribution in [2.45, 2.75) is 163 Å². The summed E-state index contributed by atoms with van der Waals surface area (Å²) in [5, 5.41) is 55.6. The first-order valence-electron chi connectivity index (χ1n) is 41.7. The number of furan rings is 2. The molecule has 12 aliphatic heterocycles. The summed E-state index contributed by atoms with van der Waals surface area (Å²) in [6.45, 7) is 17.1. The lowest BCUT2D eigenvalue weighted by atomic mass is 9.71. The number of hydrogen-bond donors (Lipinski definition) is 6. The number of nitrogens with zero attached hydrogens (tertiary/aromatic N) is 6. The van der Waals surface area contributed by atoms with Crippen molar-refractivity contribution < 1.29 is 109 Å². The Labute approximate surface area is 746 Å². The third-order valence-corrected chi connectivity index (χ3v) is 28.8. The number of piperazine rings is 2. The fraction of sp³-hybridized carbons (Fsp3) is 0.430. The third kappa shape index (κ3) is 15.0. The summed E-state index contributed by atoms with van der Waals surface area (Å²) in [7, 11) is 6.95. The molecule has 14 heterocycles. The van der Waals surface area contributed by atoms with E-state index in [1.165, 1.54) is 63.7 Å². The van der Waals surface area contributed by atoms with Crippen LogP contribution in [0, 0.1) is 50.4 Å². The van der Waals surface area contributed by atoms with Crippen LogP contribution in [-0.4, -0.2) is 213 Å². The van der Waals surface area contributed by atoms with Gasteiger partial charge in [-0.1, -0.05) is 81.3 Å². The van der Waals surface area contributed by atoms with Gasteiger partial charge in [0.2, 0.25) is 19.4 Å². The maximum Gasteiger partial charge on any atom is 0.407 e. The Morgan fingerprint density at radius 1 is 0.664 bits per heavy atom. The van der Waals surface area contributed by atoms with Gasteiger partial charge in [0.05, 0.1) is 73.0 Å². The fourth-order valence-corrected chi connectivity index (χ4v) is 23.9. The zero-order chi connectivity index (χ0) is 89.6. The van der Waals surface area contributed by atoms with Crippen molar-refractivity contribution in [1.29, 1.82) is 10.5 Å². The van der Waals surface area contributed by atoms with Gasteiger partial charge in [-0.2, -0.15) is 10.5 Å². The van der Waals surface area contributed by atoms with Crippen molar-refractivity contribution in [3.05, 3.63) is 176 Å². The van der Waals surface area contributed by atoms with E-state index in [1.807, 2.05) is 95.5 Å². The highest BCUT2D eigenvalue weighted by Gasteiger charge is 2.65. The van der Waals surface area contributed by atoms with Gasteiger partial charge in [-0.15, -0.1) is 23.5 Å². The minimum atomic E-state index is -1.60. The SMILES string of the molecule is C.C=CCOC(=O)NC[C@@H](N)Cc1coc2ccccc12.C=CCOC(=O)NC[C@@H]1Cc2c(oc3ccccc23)[C@@]2(CS[C@@H]3c4c(OC(C)=O)c(C)c5c(c4[C@H](COC2=O)N2[C@@H]3[C@H]3c4c(cc(C)c(OC)c4O)C[C@@H]([C@@H]2C#N)N3C)OCO5)N1.COc1c(C)cc2c(c1O)[C@@H]1[C@@H]3[C@@H]4SCC(=O)C(=O)OC[C@@H](c5c6c(c(C)c(OC(C)=O)c54)OCO6)N3[C@@H](C#N)[C@H](C2)N1C. The van der Waals surface area contributed by atoms with Crippen LogP contribution in [0.4, 0.5) is 9.59 Å². The van der Waals surface area contributed by atoms with Gasteiger partial charge in [0.15, 0.2) is 51.5 Å². The number of ether oxygens (including phenoxy) is 12. The molecule has 0 aliphatic carbocycles. The van der Waals surface area contributed by atoms with Crippen LogP contribution in [0.15, 0.2) is 101 Å². The number of carbonyl (C=O) groups excluding carboxylic acids is 7. The number of fused-ring (bicyclic) bond motifs is 21. The van der Waals surface area contributed by atoms with E-state index in [0.717, 1.165) is 49.7 Å². The van der Waals surface area contributed by atoms with E-state index < -0.39 is 112 Å². The van der Waals surface area contributed by atoms with Crippen LogP contribution >= 0.6 is 23.5 Å². The number of Topliss-reactive ketones (excluding diaryl/α,β-unsaturated/α-hetero) is 1. The van der Waals surface area contributed by atoms with E-state index in [4.69, 9.17) is 71.4 Å². The molecule has 1 spiro atoms. The predicted octanol–water partition coefficient (Wildman–Crippen LogP) is 11.0. The number of nitrogens with two attached hydrogens (primary N) is 1. The van der Waals surface area contributed by atoms with E-state index in [0.29, 0.717) is 134 Å². The number of nitrogens with one attached hydrogen (secondary N) is 3. The quantitative estimate of drug-likeness (QED) is 0.0194. The van der Waals surface area contributed by atoms with E-state index in [1.54, 1.807) is 13.2 Å². The average Bonchev–Trinajstić information content (AvgIpc) is 0.824. The molecule has 4 saturated heterocycles. The van der Waals surface area contributed by atoms with Gasteiger partial charge >= 0.3 is 36.1 Å². The molecular weight excluding hydrogens is 1690 g/mol. The molecule has 12 aliphatic rings. The lowest BCUT2D eigenvalue weighted by molar-refractivity contribution is -0.158. The molecule has 2 amide bonds. The second-order valence-electron chi connectivity index (χ2n) is 33.2. The van der Waals surface area contributed by atoms with E-state index in [2.05, 4.69) is 60.8 Å². The Kier molecular flexibility index (Phi) is 25.0. The zero-order valence-electron chi connectivity index (χ0n) is 71.4.